The van der Waals surface area contributed by atoms with E-state index < -0.39 is 0 Å². The molecule has 0 radical (unpaired) electrons. The van der Waals surface area contributed by atoms with Crippen LogP contribution in [0.4, 0.5) is 0 Å². The molecule has 1 heterocycles. The van der Waals surface area contributed by atoms with Crippen LogP contribution in [0.25, 0.3) is 11.3 Å². The van der Waals surface area contributed by atoms with Crippen molar-refractivity contribution in [3.63, 3.8) is 0 Å². The molecule has 1 aromatic heterocycles. The first kappa shape index (κ1) is 17.0. The standard InChI is InChI=1S/C20H17ClN2O2/c1-14-2-6-16(7-3-14)19-11-10-18(25-19)13-22-23-20(24)12-15-4-8-17(21)9-5-15/h2-11,13H,12H2,1H3,(H,23,24)/b22-13-. The number of carbonyl (C=O) groups excluding carboxylic acids is 1. The van der Waals surface area contributed by atoms with Crippen LogP contribution in [0.5, 0.6) is 0 Å². The molecule has 5 heteroatoms. The molecule has 0 aliphatic heterocycles. The van der Waals surface area contributed by atoms with E-state index in [0.29, 0.717) is 10.8 Å². The van der Waals surface area contributed by atoms with E-state index >= 15 is 0 Å². The Morgan fingerprint density at radius 1 is 1.08 bits per heavy atom. The lowest BCUT2D eigenvalue weighted by atomic mass is 10.1. The highest BCUT2D eigenvalue weighted by Gasteiger charge is 2.04. The molecule has 126 valence electrons. The third-order valence-corrected chi connectivity index (χ3v) is 3.87. The summed E-state index contributed by atoms with van der Waals surface area (Å²) >= 11 is 5.82. The molecule has 0 fully saturated rings. The molecule has 0 saturated heterocycles. The first-order valence-electron chi connectivity index (χ1n) is 7.83. The number of hydrogen-bond donors (Lipinski definition) is 1. The summed E-state index contributed by atoms with van der Waals surface area (Å²) in [4.78, 5) is 11.9. The van der Waals surface area contributed by atoms with Crippen LogP contribution in [-0.4, -0.2) is 12.1 Å². The Morgan fingerprint density at radius 2 is 1.80 bits per heavy atom. The maximum atomic E-state index is 11.9. The van der Waals surface area contributed by atoms with Crippen molar-refractivity contribution in [3.8, 4) is 11.3 Å². The molecule has 3 rings (SSSR count). The van der Waals surface area contributed by atoms with Crippen molar-refractivity contribution in [2.75, 3.05) is 0 Å². The monoisotopic (exact) mass is 352 g/mol. The van der Waals surface area contributed by atoms with Crippen LogP contribution >= 0.6 is 11.6 Å². The molecular formula is C20H17ClN2O2. The number of furan rings is 1. The van der Waals surface area contributed by atoms with Gasteiger partial charge in [-0.05, 0) is 36.8 Å². The average Bonchev–Trinajstić information content (AvgIpc) is 3.06. The predicted octanol–water partition coefficient (Wildman–Crippen LogP) is 4.60. The molecule has 4 nitrogen and oxygen atoms in total. The number of hydrogen-bond acceptors (Lipinski definition) is 3. The summed E-state index contributed by atoms with van der Waals surface area (Å²) in [5.41, 5.74) is 5.55. The van der Waals surface area contributed by atoms with Gasteiger partial charge in [-0.3, -0.25) is 4.79 Å². The third kappa shape index (κ3) is 4.81. The van der Waals surface area contributed by atoms with Gasteiger partial charge >= 0.3 is 0 Å². The van der Waals surface area contributed by atoms with E-state index in [4.69, 9.17) is 16.0 Å². The summed E-state index contributed by atoms with van der Waals surface area (Å²) in [5, 5.41) is 4.57. The summed E-state index contributed by atoms with van der Waals surface area (Å²) in [5.74, 6) is 1.13. The number of rotatable bonds is 5. The lowest BCUT2D eigenvalue weighted by molar-refractivity contribution is -0.120. The van der Waals surface area contributed by atoms with Gasteiger partial charge in [0.25, 0.3) is 0 Å². The topological polar surface area (TPSA) is 54.6 Å². The predicted molar refractivity (Wildman–Crippen MR) is 99.8 cm³/mol. The minimum absolute atomic E-state index is 0.205. The van der Waals surface area contributed by atoms with Gasteiger partial charge < -0.3 is 4.42 Å². The zero-order chi connectivity index (χ0) is 17.6. The summed E-state index contributed by atoms with van der Waals surface area (Å²) in [6.07, 6.45) is 1.72. The van der Waals surface area contributed by atoms with Crippen LogP contribution in [0.3, 0.4) is 0 Å². The highest BCUT2D eigenvalue weighted by atomic mass is 35.5. The lowest BCUT2D eigenvalue weighted by Crippen LogP contribution is -2.19. The van der Waals surface area contributed by atoms with E-state index in [1.54, 1.807) is 12.1 Å². The normalized spacial score (nSPS) is 11.0. The fourth-order valence-electron chi connectivity index (χ4n) is 2.29. The number of hydrazone groups is 1. The van der Waals surface area contributed by atoms with Crippen molar-refractivity contribution in [1.29, 1.82) is 0 Å². The zero-order valence-corrected chi connectivity index (χ0v) is 14.5. The lowest BCUT2D eigenvalue weighted by Gasteiger charge is -2.00. The van der Waals surface area contributed by atoms with E-state index in [1.807, 2.05) is 55.5 Å². The highest BCUT2D eigenvalue weighted by Crippen LogP contribution is 2.21. The number of nitrogens with one attached hydrogen (secondary N) is 1. The molecule has 0 unspecified atom stereocenters. The summed E-state index contributed by atoms with van der Waals surface area (Å²) in [6.45, 7) is 2.04. The summed E-state index contributed by atoms with van der Waals surface area (Å²) < 4.78 is 5.71. The molecule has 1 amide bonds. The van der Waals surface area contributed by atoms with Crippen molar-refractivity contribution >= 4 is 23.7 Å². The molecule has 3 aromatic rings. The van der Waals surface area contributed by atoms with Crippen LogP contribution in [0.15, 0.2) is 70.2 Å². The highest BCUT2D eigenvalue weighted by molar-refractivity contribution is 6.30. The van der Waals surface area contributed by atoms with Gasteiger partial charge in [-0.25, -0.2) is 5.43 Å². The Hall–Kier alpha value is -2.85. The maximum absolute atomic E-state index is 11.9. The SMILES string of the molecule is Cc1ccc(-c2ccc(/C=N\NC(=O)Cc3ccc(Cl)cc3)o2)cc1. The quantitative estimate of drug-likeness (QED) is 0.539. The largest absolute Gasteiger partial charge is 0.455 e. The molecule has 2 aromatic carbocycles. The molecular weight excluding hydrogens is 336 g/mol. The van der Waals surface area contributed by atoms with Crippen molar-refractivity contribution in [2.45, 2.75) is 13.3 Å². The number of halogens is 1. The van der Waals surface area contributed by atoms with Gasteiger partial charge in [0.2, 0.25) is 5.91 Å². The van der Waals surface area contributed by atoms with E-state index in [9.17, 15) is 4.79 Å². The van der Waals surface area contributed by atoms with Crippen LogP contribution < -0.4 is 5.43 Å². The zero-order valence-electron chi connectivity index (χ0n) is 13.7. The van der Waals surface area contributed by atoms with Gasteiger partial charge in [-0.15, -0.1) is 0 Å². The molecule has 1 N–H and O–H groups in total. The number of amides is 1. The van der Waals surface area contributed by atoms with E-state index in [2.05, 4.69) is 10.5 Å². The van der Waals surface area contributed by atoms with E-state index in [1.165, 1.54) is 11.8 Å². The van der Waals surface area contributed by atoms with Crippen LogP contribution in [0.1, 0.15) is 16.9 Å². The second-order valence-electron chi connectivity index (χ2n) is 5.66. The van der Waals surface area contributed by atoms with Gasteiger partial charge in [0.05, 0.1) is 12.6 Å². The first-order valence-corrected chi connectivity index (χ1v) is 8.21. The fourth-order valence-corrected chi connectivity index (χ4v) is 2.42. The van der Waals surface area contributed by atoms with Gasteiger partial charge in [0, 0.05) is 10.6 Å². The molecule has 0 saturated carbocycles. The van der Waals surface area contributed by atoms with Crippen molar-refractivity contribution < 1.29 is 9.21 Å². The Bertz CT molecular complexity index is 881. The molecule has 0 aliphatic rings. The molecule has 0 aliphatic carbocycles. The van der Waals surface area contributed by atoms with E-state index in [0.717, 1.165) is 16.9 Å². The molecule has 0 bridgehead atoms. The van der Waals surface area contributed by atoms with Crippen molar-refractivity contribution in [3.05, 3.63) is 82.6 Å². The Morgan fingerprint density at radius 3 is 2.52 bits per heavy atom. The van der Waals surface area contributed by atoms with E-state index in [-0.39, 0.29) is 12.3 Å². The van der Waals surface area contributed by atoms with Crippen molar-refractivity contribution in [2.24, 2.45) is 5.10 Å². The Balaban J connectivity index is 1.56. The number of benzene rings is 2. The molecule has 25 heavy (non-hydrogen) atoms. The van der Waals surface area contributed by atoms with Gasteiger partial charge in [0.15, 0.2) is 0 Å². The molecule has 0 atom stereocenters. The van der Waals surface area contributed by atoms with Crippen LogP contribution in [0.2, 0.25) is 5.02 Å². The maximum Gasteiger partial charge on any atom is 0.244 e. The Labute approximate surface area is 151 Å². The third-order valence-electron chi connectivity index (χ3n) is 3.62. The van der Waals surface area contributed by atoms with Gasteiger partial charge in [-0.2, -0.15) is 5.10 Å². The summed E-state index contributed by atoms with van der Waals surface area (Å²) in [7, 11) is 0. The number of aryl methyl sites for hydroxylation is 1. The van der Waals surface area contributed by atoms with Crippen LogP contribution in [-0.2, 0) is 11.2 Å². The van der Waals surface area contributed by atoms with Crippen LogP contribution in [0, 0.1) is 6.92 Å². The smallest absolute Gasteiger partial charge is 0.244 e. The first-order chi connectivity index (χ1) is 12.1. The average molecular weight is 353 g/mol. The second kappa shape index (κ2) is 7.81. The van der Waals surface area contributed by atoms with Crippen molar-refractivity contribution in [1.82, 2.24) is 5.43 Å². The Kier molecular flexibility index (Phi) is 5.31. The van der Waals surface area contributed by atoms with Gasteiger partial charge in [-0.1, -0.05) is 53.6 Å². The summed E-state index contributed by atoms with van der Waals surface area (Å²) in [6, 6.07) is 18.9. The second-order valence-corrected chi connectivity index (χ2v) is 6.10. The number of carbonyl (C=O) groups is 1. The fraction of sp³-hybridized carbons (Fsp3) is 0.100. The minimum atomic E-state index is -0.205. The number of nitrogens with zero attached hydrogens (tertiary/aromatic N) is 1. The van der Waals surface area contributed by atoms with Gasteiger partial charge in [0.1, 0.15) is 11.5 Å². The molecule has 0 spiro atoms. The minimum Gasteiger partial charge on any atom is -0.455 e.